The molecule has 2 aliphatic rings. The summed E-state index contributed by atoms with van der Waals surface area (Å²) >= 11 is 0. The Morgan fingerprint density at radius 1 is 1.41 bits per heavy atom. The Morgan fingerprint density at radius 3 is 3.06 bits per heavy atom. The van der Waals surface area contributed by atoms with Crippen LogP contribution in [0.25, 0.3) is 0 Å². The van der Waals surface area contributed by atoms with Crippen LogP contribution in [0.4, 0.5) is 0 Å². The van der Waals surface area contributed by atoms with Crippen molar-refractivity contribution in [1.82, 2.24) is 14.5 Å². The molecule has 3 rings (SSSR count). The predicted molar refractivity (Wildman–Crippen MR) is 65.9 cm³/mol. The van der Waals surface area contributed by atoms with E-state index in [1.165, 1.54) is 25.1 Å². The maximum atomic E-state index is 9.63. The van der Waals surface area contributed by atoms with Crippen molar-refractivity contribution in [3.63, 3.8) is 0 Å². The molecule has 94 valence electrons. The van der Waals surface area contributed by atoms with E-state index in [4.69, 9.17) is 0 Å². The van der Waals surface area contributed by atoms with Crippen LogP contribution in [0.2, 0.25) is 0 Å². The average molecular weight is 235 g/mol. The second-order valence-corrected chi connectivity index (χ2v) is 5.47. The van der Waals surface area contributed by atoms with Crippen molar-refractivity contribution < 1.29 is 5.11 Å². The van der Waals surface area contributed by atoms with Crippen molar-refractivity contribution in [2.75, 3.05) is 13.6 Å². The molecule has 0 spiro atoms. The van der Waals surface area contributed by atoms with Gasteiger partial charge in [-0.05, 0) is 32.9 Å². The van der Waals surface area contributed by atoms with Gasteiger partial charge >= 0.3 is 0 Å². The van der Waals surface area contributed by atoms with Gasteiger partial charge in [0, 0.05) is 31.6 Å². The predicted octanol–water partition coefficient (Wildman–Crippen LogP) is 0.827. The monoisotopic (exact) mass is 235 g/mol. The third-order valence-corrected chi connectivity index (χ3v) is 4.15. The molecule has 3 heterocycles. The Hall–Kier alpha value is -0.870. The molecular weight excluding hydrogens is 214 g/mol. The molecular formula is C13H21N3O. The summed E-state index contributed by atoms with van der Waals surface area (Å²) in [4.78, 5) is 7.11. The number of aliphatic hydroxyl groups excluding tert-OH is 1. The molecule has 1 fully saturated rings. The fraction of sp³-hybridized carbons (Fsp3) is 0.769. The maximum Gasteiger partial charge on any atom is 0.111 e. The van der Waals surface area contributed by atoms with E-state index >= 15 is 0 Å². The van der Waals surface area contributed by atoms with E-state index in [0.29, 0.717) is 6.04 Å². The largest absolute Gasteiger partial charge is 0.393 e. The van der Waals surface area contributed by atoms with Gasteiger partial charge in [-0.2, -0.15) is 0 Å². The summed E-state index contributed by atoms with van der Waals surface area (Å²) in [5.74, 6) is 1.07. The lowest BCUT2D eigenvalue weighted by Gasteiger charge is -2.18. The van der Waals surface area contributed by atoms with Crippen LogP contribution in [0.1, 0.15) is 30.8 Å². The number of fused-ring (bicyclic) bond motifs is 1. The molecule has 1 N–H and O–H groups in total. The number of aromatic nitrogens is 2. The number of hydrogen-bond donors (Lipinski definition) is 1. The highest BCUT2D eigenvalue weighted by molar-refractivity contribution is 5.09. The Labute approximate surface area is 102 Å². The summed E-state index contributed by atoms with van der Waals surface area (Å²) in [5, 5.41) is 9.63. The molecule has 4 heteroatoms. The quantitative estimate of drug-likeness (QED) is 0.825. The first-order valence-corrected chi connectivity index (χ1v) is 6.65. The highest BCUT2D eigenvalue weighted by Gasteiger charge is 2.24. The Balaban J connectivity index is 1.72. The van der Waals surface area contributed by atoms with Crippen LogP contribution in [-0.4, -0.2) is 45.3 Å². The van der Waals surface area contributed by atoms with Gasteiger partial charge in [0.1, 0.15) is 5.82 Å². The van der Waals surface area contributed by atoms with Gasteiger partial charge in [0.15, 0.2) is 0 Å². The fourth-order valence-electron chi connectivity index (χ4n) is 3.05. The number of rotatable bonds is 2. The van der Waals surface area contributed by atoms with Gasteiger partial charge in [-0.25, -0.2) is 4.98 Å². The molecule has 0 bridgehead atoms. The summed E-state index contributed by atoms with van der Waals surface area (Å²) in [5.41, 5.74) is 1.20. The second kappa shape index (κ2) is 4.42. The third-order valence-electron chi connectivity index (χ3n) is 4.15. The summed E-state index contributed by atoms with van der Waals surface area (Å²) in [6.45, 7) is 2.14. The SMILES string of the molecule is CN1CCCC1Cc1cn2c(n1)CC(O)CC2. The van der Waals surface area contributed by atoms with Gasteiger partial charge in [-0.1, -0.05) is 0 Å². The zero-order valence-electron chi connectivity index (χ0n) is 10.5. The molecule has 2 unspecified atom stereocenters. The summed E-state index contributed by atoms with van der Waals surface area (Å²) < 4.78 is 2.22. The van der Waals surface area contributed by atoms with E-state index in [-0.39, 0.29) is 6.10 Å². The van der Waals surface area contributed by atoms with E-state index in [1.807, 2.05) is 0 Å². The van der Waals surface area contributed by atoms with Crippen LogP contribution >= 0.6 is 0 Å². The number of likely N-dealkylation sites (tertiary alicyclic amines) is 1. The van der Waals surface area contributed by atoms with Crippen molar-refractivity contribution >= 4 is 0 Å². The van der Waals surface area contributed by atoms with Crippen LogP contribution in [0, 0.1) is 0 Å². The smallest absolute Gasteiger partial charge is 0.111 e. The highest BCUT2D eigenvalue weighted by atomic mass is 16.3. The van der Waals surface area contributed by atoms with Crippen molar-refractivity contribution in [2.24, 2.45) is 0 Å². The van der Waals surface area contributed by atoms with Crippen LogP contribution in [0.3, 0.4) is 0 Å². The number of aliphatic hydroxyl groups is 1. The second-order valence-electron chi connectivity index (χ2n) is 5.47. The average Bonchev–Trinajstić information content (AvgIpc) is 2.85. The minimum absolute atomic E-state index is 0.188. The van der Waals surface area contributed by atoms with Gasteiger partial charge in [0.05, 0.1) is 11.8 Å². The first-order valence-electron chi connectivity index (χ1n) is 6.65. The molecule has 2 aliphatic heterocycles. The number of nitrogens with zero attached hydrogens (tertiary/aromatic N) is 3. The minimum atomic E-state index is -0.188. The lowest BCUT2D eigenvalue weighted by Crippen LogP contribution is -2.26. The molecule has 2 atom stereocenters. The number of hydrogen-bond acceptors (Lipinski definition) is 3. The number of imidazole rings is 1. The first-order chi connectivity index (χ1) is 8.22. The lowest BCUT2D eigenvalue weighted by molar-refractivity contribution is 0.141. The maximum absolute atomic E-state index is 9.63. The standard InChI is InChI=1S/C13H21N3O/c1-15-5-2-3-11(15)7-10-9-16-6-4-12(17)8-13(16)14-10/h9,11-12,17H,2-8H2,1H3. The van der Waals surface area contributed by atoms with Crippen LogP contribution < -0.4 is 0 Å². The normalized spacial score (nSPS) is 29.5. The minimum Gasteiger partial charge on any atom is -0.393 e. The van der Waals surface area contributed by atoms with Gasteiger partial charge in [-0.15, -0.1) is 0 Å². The molecule has 1 aromatic rings. The Morgan fingerprint density at radius 2 is 2.29 bits per heavy atom. The Kier molecular flexibility index (Phi) is 2.92. The fourth-order valence-corrected chi connectivity index (χ4v) is 3.05. The van der Waals surface area contributed by atoms with Gasteiger partial charge in [0.2, 0.25) is 0 Å². The van der Waals surface area contributed by atoms with E-state index < -0.39 is 0 Å². The van der Waals surface area contributed by atoms with E-state index in [9.17, 15) is 5.11 Å². The third kappa shape index (κ3) is 2.24. The van der Waals surface area contributed by atoms with Crippen LogP contribution in [-0.2, 0) is 19.4 Å². The van der Waals surface area contributed by atoms with Crippen molar-refractivity contribution in [3.8, 4) is 0 Å². The molecule has 1 saturated heterocycles. The van der Waals surface area contributed by atoms with Crippen LogP contribution in [0.5, 0.6) is 0 Å². The van der Waals surface area contributed by atoms with Gasteiger partial charge < -0.3 is 14.6 Å². The molecule has 1 aromatic heterocycles. The van der Waals surface area contributed by atoms with Crippen molar-refractivity contribution in [1.29, 1.82) is 0 Å². The molecule has 17 heavy (non-hydrogen) atoms. The van der Waals surface area contributed by atoms with Crippen molar-refractivity contribution in [3.05, 3.63) is 17.7 Å². The topological polar surface area (TPSA) is 41.3 Å². The molecule has 0 aliphatic carbocycles. The van der Waals surface area contributed by atoms with E-state index in [2.05, 4.69) is 27.7 Å². The summed E-state index contributed by atoms with van der Waals surface area (Å²) in [6.07, 6.45) is 7.26. The number of likely N-dealkylation sites (N-methyl/N-ethyl adjacent to an activating group) is 1. The van der Waals surface area contributed by atoms with Gasteiger partial charge in [0.25, 0.3) is 0 Å². The van der Waals surface area contributed by atoms with E-state index in [0.717, 1.165) is 31.6 Å². The van der Waals surface area contributed by atoms with Crippen molar-refractivity contribution in [2.45, 2.75) is 50.8 Å². The molecule has 0 amide bonds. The molecule has 0 aromatic carbocycles. The summed E-state index contributed by atoms with van der Waals surface area (Å²) in [7, 11) is 2.21. The van der Waals surface area contributed by atoms with E-state index in [1.54, 1.807) is 0 Å². The number of aryl methyl sites for hydroxylation is 1. The van der Waals surface area contributed by atoms with Crippen LogP contribution in [0.15, 0.2) is 6.20 Å². The Bertz CT molecular complexity index is 401. The highest BCUT2D eigenvalue weighted by Crippen LogP contribution is 2.21. The molecule has 4 nitrogen and oxygen atoms in total. The molecule has 0 radical (unpaired) electrons. The first kappa shape index (κ1) is 11.2. The zero-order valence-corrected chi connectivity index (χ0v) is 10.5. The van der Waals surface area contributed by atoms with Gasteiger partial charge in [-0.3, -0.25) is 0 Å². The zero-order chi connectivity index (χ0) is 11.8. The molecule has 0 saturated carbocycles. The lowest BCUT2D eigenvalue weighted by atomic mass is 10.1. The summed E-state index contributed by atoms with van der Waals surface area (Å²) in [6, 6.07) is 0.664.